The predicted molar refractivity (Wildman–Crippen MR) is 101 cm³/mol. The molecule has 1 aromatic heterocycles. The standard InChI is InChI=1S/C19H31N5O3/c1-13-9-17(22-23(13)2)19(27)21-11-16-6-5-15(10-18(26)20-7-8-25)24(16)12-14-3-4-14/h9,14-16,25H,3-8,10-12H2,1-2H3,(H,20,26)(H,21,27)/t15-,16+/m1/s1. The Kier molecular flexibility index (Phi) is 6.49. The number of aliphatic hydroxyl groups excluding tert-OH is 1. The highest BCUT2D eigenvalue weighted by molar-refractivity contribution is 5.92. The summed E-state index contributed by atoms with van der Waals surface area (Å²) in [7, 11) is 1.83. The summed E-state index contributed by atoms with van der Waals surface area (Å²) in [5, 5.41) is 18.9. The molecule has 150 valence electrons. The zero-order valence-electron chi connectivity index (χ0n) is 16.3. The van der Waals surface area contributed by atoms with Crippen LogP contribution in [0.2, 0.25) is 0 Å². The van der Waals surface area contributed by atoms with E-state index in [-0.39, 0.29) is 30.5 Å². The molecular formula is C19H31N5O3. The molecule has 1 saturated carbocycles. The molecule has 2 amide bonds. The summed E-state index contributed by atoms with van der Waals surface area (Å²) < 4.78 is 1.70. The second-order valence-corrected chi connectivity index (χ2v) is 7.81. The van der Waals surface area contributed by atoms with Crippen LogP contribution >= 0.6 is 0 Å². The van der Waals surface area contributed by atoms with Crippen LogP contribution in [0.25, 0.3) is 0 Å². The molecule has 2 heterocycles. The Labute approximate surface area is 160 Å². The van der Waals surface area contributed by atoms with Gasteiger partial charge in [0, 0.05) is 50.9 Å². The molecule has 0 spiro atoms. The lowest BCUT2D eigenvalue weighted by atomic mass is 10.1. The average Bonchev–Trinajstić information content (AvgIpc) is 3.30. The van der Waals surface area contributed by atoms with Crippen molar-refractivity contribution in [2.24, 2.45) is 13.0 Å². The van der Waals surface area contributed by atoms with Crippen LogP contribution in [0.15, 0.2) is 6.07 Å². The first kappa shape index (κ1) is 19.8. The summed E-state index contributed by atoms with van der Waals surface area (Å²) in [5.74, 6) is 0.570. The van der Waals surface area contributed by atoms with Gasteiger partial charge in [0.1, 0.15) is 5.69 Å². The number of nitrogens with one attached hydrogen (secondary N) is 2. The van der Waals surface area contributed by atoms with Crippen LogP contribution in [0, 0.1) is 12.8 Å². The molecule has 0 radical (unpaired) electrons. The van der Waals surface area contributed by atoms with E-state index in [0.717, 1.165) is 31.0 Å². The predicted octanol–water partition coefficient (Wildman–Crippen LogP) is 0.200. The second-order valence-electron chi connectivity index (χ2n) is 7.81. The van der Waals surface area contributed by atoms with Crippen molar-refractivity contribution in [3.05, 3.63) is 17.5 Å². The first-order valence-electron chi connectivity index (χ1n) is 9.90. The first-order valence-corrected chi connectivity index (χ1v) is 9.90. The fraction of sp³-hybridized carbons (Fsp3) is 0.737. The van der Waals surface area contributed by atoms with Crippen LogP contribution in [-0.4, -0.2) is 69.9 Å². The van der Waals surface area contributed by atoms with E-state index in [0.29, 0.717) is 25.2 Å². The number of aryl methyl sites for hydroxylation is 2. The summed E-state index contributed by atoms with van der Waals surface area (Å²) in [6.07, 6.45) is 4.91. The van der Waals surface area contributed by atoms with Crippen molar-refractivity contribution in [3.8, 4) is 0 Å². The van der Waals surface area contributed by atoms with E-state index in [1.165, 1.54) is 12.8 Å². The van der Waals surface area contributed by atoms with Gasteiger partial charge in [0.15, 0.2) is 0 Å². The summed E-state index contributed by atoms with van der Waals surface area (Å²) in [4.78, 5) is 26.9. The van der Waals surface area contributed by atoms with E-state index >= 15 is 0 Å². The number of aromatic nitrogens is 2. The summed E-state index contributed by atoms with van der Waals surface area (Å²) in [5.41, 5.74) is 1.40. The van der Waals surface area contributed by atoms with E-state index < -0.39 is 0 Å². The maximum absolute atomic E-state index is 12.4. The number of aliphatic hydroxyl groups is 1. The van der Waals surface area contributed by atoms with E-state index in [4.69, 9.17) is 5.11 Å². The molecule has 1 aromatic rings. The lowest BCUT2D eigenvalue weighted by molar-refractivity contribution is -0.122. The molecule has 3 rings (SSSR count). The number of likely N-dealkylation sites (tertiary alicyclic amines) is 1. The van der Waals surface area contributed by atoms with Crippen LogP contribution in [0.4, 0.5) is 0 Å². The molecule has 0 aromatic carbocycles. The van der Waals surface area contributed by atoms with Crippen molar-refractivity contribution in [2.45, 2.75) is 51.1 Å². The fourth-order valence-corrected chi connectivity index (χ4v) is 3.80. The molecule has 8 heteroatoms. The molecule has 1 aliphatic heterocycles. The maximum Gasteiger partial charge on any atom is 0.271 e. The minimum Gasteiger partial charge on any atom is -0.395 e. The third kappa shape index (κ3) is 5.29. The number of carbonyl (C=O) groups excluding carboxylic acids is 2. The van der Waals surface area contributed by atoms with Crippen LogP contribution in [0.3, 0.4) is 0 Å². The van der Waals surface area contributed by atoms with Gasteiger partial charge in [-0.2, -0.15) is 5.10 Å². The molecule has 3 N–H and O–H groups in total. The first-order chi connectivity index (χ1) is 13.0. The molecule has 8 nitrogen and oxygen atoms in total. The molecule has 27 heavy (non-hydrogen) atoms. The minimum atomic E-state index is -0.144. The van der Waals surface area contributed by atoms with Crippen molar-refractivity contribution < 1.29 is 14.7 Å². The Morgan fingerprint density at radius 3 is 2.59 bits per heavy atom. The van der Waals surface area contributed by atoms with E-state index in [1.54, 1.807) is 10.7 Å². The van der Waals surface area contributed by atoms with Gasteiger partial charge in [-0.25, -0.2) is 0 Å². The van der Waals surface area contributed by atoms with Gasteiger partial charge in [-0.1, -0.05) is 0 Å². The zero-order chi connectivity index (χ0) is 19.4. The van der Waals surface area contributed by atoms with Crippen LogP contribution < -0.4 is 10.6 Å². The topological polar surface area (TPSA) is 99.5 Å². The largest absolute Gasteiger partial charge is 0.395 e. The van der Waals surface area contributed by atoms with Gasteiger partial charge >= 0.3 is 0 Å². The maximum atomic E-state index is 12.4. The lowest BCUT2D eigenvalue weighted by Crippen LogP contribution is -2.45. The van der Waals surface area contributed by atoms with Crippen LogP contribution in [0.1, 0.15) is 48.3 Å². The van der Waals surface area contributed by atoms with Gasteiger partial charge in [0.25, 0.3) is 5.91 Å². The summed E-state index contributed by atoms with van der Waals surface area (Å²) >= 11 is 0. The highest BCUT2D eigenvalue weighted by Crippen LogP contribution is 2.35. The molecule has 1 saturated heterocycles. The number of hydrogen-bond donors (Lipinski definition) is 3. The van der Waals surface area contributed by atoms with Crippen molar-refractivity contribution in [1.82, 2.24) is 25.3 Å². The highest BCUT2D eigenvalue weighted by Gasteiger charge is 2.38. The number of amides is 2. The van der Waals surface area contributed by atoms with Gasteiger partial charge in [-0.05, 0) is 44.6 Å². The Balaban J connectivity index is 1.55. The van der Waals surface area contributed by atoms with Crippen LogP contribution in [-0.2, 0) is 11.8 Å². The third-order valence-electron chi connectivity index (χ3n) is 5.64. The zero-order valence-corrected chi connectivity index (χ0v) is 16.3. The third-order valence-corrected chi connectivity index (χ3v) is 5.64. The van der Waals surface area contributed by atoms with Gasteiger partial charge in [-0.15, -0.1) is 0 Å². The van der Waals surface area contributed by atoms with Crippen molar-refractivity contribution >= 4 is 11.8 Å². The van der Waals surface area contributed by atoms with Gasteiger partial charge in [0.05, 0.1) is 6.61 Å². The van der Waals surface area contributed by atoms with E-state index in [2.05, 4.69) is 20.6 Å². The average molecular weight is 377 g/mol. The molecular weight excluding hydrogens is 346 g/mol. The van der Waals surface area contributed by atoms with Gasteiger partial charge < -0.3 is 15.7 Å². The van der Waals surface area contributed by atoms with Gasteiger partial charge in [0.2, 0.25) is 5.91 Å². The van der Waals surface area contributed by atoms with Crippen molar-refractivity contribution in [3.63, 3.8) is 0 Å². The molecule has 0 bridgehead atoms. The Hall–Kier alpha value is -1.93. The van der Waals surface area contributed by atoms with E-state index in [1.807, 2.05) is 14.0 Å². The summed E-state index contributed by atoms with van der Waals surface area (Å²) in [6.45, 7) is 3.77. The Morgan fingerprint density at radius 2 is 1.96 bits per heavy atom. The molecule has 2 atom stereocenters. The summed E-state index contributed by atoms with van der Waals surface area (Å²) in [6, 6.07) is 2.26. The lowest BCUT2D eigenvalue weighted by Gasteiger charge is -2.30. The quantitative estimate of drug-likeness (QED) is 0.571. The Morgan fingerprint density at radius 1 is 1.22 bits per heavy atom. The van der Waals surface area contributed by atoms with Crippen molar-refractivity contribution in [2.75, 3.05) is 26.2 Å². The second kappa shape index (κ2) is 8.84. The normalized spacial score (nSPS) is 22.8. The SMILES string of the molecule is Cc1cc(C(=O)NC[C@@H]2CC[C@H](CC(=O)NCCO)N2CC2CC2)nn1C. The fourth-order valence-electron chi connectivity index (χ4n) is 3.80. The molecule has 2 aliphatic rings. The van der Waals surface area contributed by atoms with Crippen LogP contribution in [0.5, 0.6) is 0 Å². The highest BCUT2D eigenvalue weighted by atomic mass is 16.3. The molecule has 0 unspecified atom stereocenters. The smallest absolute Gasteiger partial charge is 0.271 e. The number of carbonyl (C=O) groups is 2. The minimum absolute atomic E-state index is 0.0107. The Bertz CT molecular complexity index is 651. The number of nitrogens with zero attached hydrogens (tertiary/aromatic N) is 3. The molecule has 2 fully saturated rings. The monoisotopic (exact) mass is 377 g/mol. The molecule has 1 aliphatic carbocycles. The van der Waals surface area contributed by atoms with Crippen molar-refractivity contribution in [1.29, 1.82) is 0 Å². The number of hydrogen-bond acceptors (Lipinski definition) is 5. The van der Waals surface area contributed by atoms with Gasteiger partial charge in [-0.3, -0.25) is 19.2 Å². The number of rotatable bonds is 9. The van der Waals surface area contributed by atoms with E-state index in [9.17, 15) is 9.59 Å².